The van der Waals surface area contributed by atoms with Gasteiger partial charge in [0.2, 0.25) is 0 Å². The zero-order chi connectivity index (χ0) is 11.6. The van der Waals surface area contributed by atoms with Crippen molar-refractivity contribution in [3.8, 4) is 0 Å². The van der Waals surface area contributed by atoms with Gasteiger partial charge in [-0.15, -0.1) is 0 Å². The predicted octanol–water partition coefficient (Wildman–Crippen LogP) is 2.88. The third-order valence-corrected chi connectivity index (χ3v) is 3.57. The van der Waals surface area contributed by atoms with Crippen molar-refractivity contribution in [3.63, 3.8) is 0 Å². The highest BCUT2D eigenvalue weighted by Gasteiger charge is 2.26. The Morgan fingerprint density at radius 2 is 2.20 bits per heavy atom. The lowest BCUT2D eigenvalue weighted by atomic mass is 10.0. The fourth-order valence-electron chi connectivity index (χ4n) is 1.03. The number of halogens is 1. The first-order chi connectivity index (χ1) is 6.83. The van der Waals surface area contributed by atoms with E-state index in [2.05, 4.69) is 21.2 Å². The summed E-state index contributed by atoms with van der Waals surface area (Å²) in [5.41, 5.74) is 0.274. The Morgan fingerprint density at radius 1 is 1.60 bits per heavy atom. The van der Waals surface area contributed by atoms with E-state index in [4.69, 9.17) is 4.42 Å². The van der Waals surface area contributed by atoms with E-state index in [-0.39, 0.29) is 16.3 Å². The first-order valence-electron chi connectivity index (χ1n) is 4.84. The van der Waals surface area contributed by atoms with Crippen LogP contribution in [0.1, 0.15) is 36.9 Å². The molecule has 4 heteroatoms. The van der Waals surface area contributed by atoms with Crippen LogP contribution in [0.2, 0.25) is 0 Å². The number of furan rings is 1. The number of hydrogen-bond donors (Lipinski definition) is 1. The van der Waals surface area contributed by atoms with Crippen molar-refractivity contribution in [2.75, 3.05) is 0 Å². The van der Waals surface area contributed by atoms with E-state index in [1.54, 1.807) is 6.07 Å². The van der Waals surface area contributed by atoms with Crippen LogP contribution in [0.15, 0.2) is 16.7 Å². The van der Waals surface area contributed by atoms with Gasteiger partial charge in [-0.1, -0.05) is 22.9 Å². The smallest absolute Gasteiger partial charge is 0.254 e. The minimum Gasteiger partial charge on any atom is -0.469 e. The van der Waals surface area contributed by atoms with Crippen LogP contribution in [-0.2, 0) is 0 Å². The number of carbonyl (C=O) groups is 1. The summed E-state index contributed by atoms with van der Waals surface area (Å²) in [5.74, 6) is 0.632. The van der Waals surface area contributed by atoms with Crippen LogP contribution in [0.25, 0.3) is 0 Å². The summed E-state index contributed by atoms with van der Waals surface area (Å²) in [5, 5.41) is 2.94. The highest BCUT2D eigenvalue weighted by Crippen LogP contribution is 2.17. The van der Waals surface area contributed by atoms with Crippen molar-refractivity contribution >= 4 is 21.8 Å². The van der Waals surface area contributed by atoms with Crippen molar-refractivity contribution in [2.24, 2.45) is 0 Å². The first kappa shape index (κ1) is 12.3. The molecule has 1 amide bonds. The van der Waals surface area contributed by atoms with E-state index in [1.165, 1.54) is 6.26 Å². The molecule has 84 valence electrons. The summed E-state index contributed by atoms with van der Waals surface area (Å²) in [4.78, 5) is 12.0. The maximum atomic E-state index is 11.8. The molecule has 0 fully saturated rings. The van der Waals surface area contributed by atoms with Gasteiger partial charge in [-0.2, -0.15) is 0 Å². The van der Waals surface area contributed by atoms with Crippen molar-refractivity contribution in [3.05, 3.63) is 23.7 Å². The second-order valence-corrected chi connectivity index (χ2v) is 5.61. The Balaban J connectivity index is 2.72. The quantitative estimate of drug-likeness (QED) is 0.861. The van der Waals surface area contributed by atoms with Gasteiger partial charge >= 0.3 is 0 Å². The summed E-state index contributed by atoms with van der Waals surface area (Å²) in [7, 11) is 0. The Labute approximate surface area is 98.4 Å². The molecule has 1 N–H and O–H groups in total. The monoisotopic (exact) mass is 273 g/mol. The van der Waals surface area contributed by atoms with Gasteiger partial charge in [-0.3, -0.25) is 4.79 Å². The second kappa shape index (κ2) is 4.39. The molecule has 0 bridgehead atoms. The molecule has 0 radical (unpaired) electrons. The number of rotatable bonds is 3. The maximum Gasteiger partial charge on any atom is 0.254 e. The number of hydrogen-bond acceptors (Lipinski definition) is 2. The largest absolute Gasteiger partial charge is 0.469 e. The summed E-state index contributed by atoms with van der Waals surface area (Å²) in [6.45, 7) is 7.75. The van der Waals surface area contributed by atoms with Crippen LogP contribution < -0.4 is 5.32 Å². The summed E-state index contributed by atoms with van der Waals surface area (Å²) in [6, 6.07) is 1.73. The van der Waals surface area contributed by atoms with E-state index >= 15 is 0 Å². The zero-order valence-electron chi connectivity index (χ0n) is 9.43. The van der Waals surface area contributed by atoms with Crippen LogP contribution in [0, 0.1) is 6.92 Å². The summed E-state index contributed by atoms with van der Waals surface area (Å²) >= 11 is 3.46. The van der Waals surface area contributed by atoms with Crippen molar-refractivity contribution in [1.29, 1.82) is 0 Å². The lowest BCUT2D eigenvalue weighted by Gasteiger charge is -2.28. The Hall–Kier alpha value is -0.770. The second-order valence-electron chi connectivity index (χ2n) is 4.24. The molecule has 0 aliphatic carbocycles. The van der Waals surface area contributed by atoms with Crippen molar-refractivity contribution in [1.82, 2.24) is 5.32 Å². The first-order valence-corrected chi connectivity index (χ1v) is 5.76. The molecule has 0 spiro atoms. The lowest BCUT2D eigenvalue weighted by molar-refractivity contribution is 0.0913. The third-order valence-electron chi connectivity index (χ3n) is 2.42. The number of alkyl halides is 1. The van der Waals surface area contributed by atoms with Crippen molar-refractivity contribution in [2.45, 2.75) is 38.1 Å². The Morgan fingerprint density at radius 3 is 2.60 bits per heavy atom. The normalized spacial score (nSPS) is 13.7. The van der Waals surface area contributed by atoms with Gasteiger partial charge < -0.3 is 9.73 Å². The van der Waals surface area contributed by atoms with Gasteiger partial charge in [-0.05, 0) is 26.8 Å². The van der Waals surface area contributed by atoms with Gasteiger partial charge in [-0.25, -0.2) is 0 Å². The van der Waals surface area contributed by atoms with Crippen LogP contribution in [0.3, 0.4) is 0 Å². The van der Waals surface area contributed by atoms with Gasteiger partial charge in [0.15, 0.2) is 0 Å². The predicted molar refractivity (Wildman–Crippen MR) is 63.4 cm³/mol. The molecular formula is C11H16BrNO2. The highest BCUT2D eigenvalue weighted by atomic mass is 79.9. The average Bonchev–Trinajstić information content (AvgIpc) is 2.50. The van der Waals surface area contributed by atoms with Crippen LogP contribution in [-0.4, -0.2) is 16.3 Å². The maximum absolute atomic E-state index is 11.8. The van der Waals surface area contributed by atoms with Gasteiger partial charge in [0, 0.05) is 10.4 Å². The number of carbonyl (C=O) groups excluding carboxylic acids is 1. The van der Waals surface area contributed by atoms with Gasteiger partial charge in [0.1, 0.15) is 12.0 Å². The molecule has 15 heavy (non-hydrogen) atoms. The van der Waals surface area contributed by atoms with E-state index in [9.17, 15) is 4.79 Å². The third kappa shape index (κ3) is 3.09. The van der Waals surface area contributed by atoms with Gasteiger partial charge in [0.05, 0.1) is 5.56 Å². The van der Waals surface area contributed by atoms with E-state index in [0.29, 0.717) is 5.56 Å². The Bertz CT molecular complexity index is 355. The van der Waals surface area contributed by atoms with E-state index in [1.807, 2.05) is 27.7 Å². The SMILES string of the molecule is Cc1cc(C(=O)NC(C)(C)C(C)Br)co1. The molecular weight excluding hydrogens is 258 g/mol. The van der Waals surface area contributed by atoms with Crippen LogP contribution in [0.5, 0.6) is 0 Å². The minimum absolute atomic E-state index is 0.108. The zero-order valence-corrected chi connectivity index (χ0v) is 11.0. The summed E-state index contributed by atoms with van der Waals surface area (Å²) in [6.07, 6.45) is 1.47. The molecule has 1 aromatic rings. The molecule has 1 rings (SSSR count). The molecule has 1 aromatic heterocycles. The molecule has 0 saturated carbocycles. The Kier molecular flexibility index (Phi) is 3.60. The molecule has 0 aliphatic heterocycles. The van der Waals surface area contributed by atoms with Crippen LogP contribution in [0.4, 0.5) is 0 Å². The molecule has 0 saturated heterocycles. The molecule has 1 atom stereocenters. The average molecular weight is 274 g/mol. The molecule has 1 unspecified atom stereocenters. The molecule has 1 heterocycles. The fourth-order valence-corrected chi connectivity index (χ4v) is 1.14. The number of aryl methyl sites for hydroxylation is 1. The minimum atomic E-state index is -0.289. The van der Waals surface area contributed by atoms with Crippen molar-refractivity contribution < 1.29 is 9.21 Å². The highest BCUT2D eigenvalue weighted by molar-refractivity contribution is 9.09. The fraction of sp³-hybridized carbons (Fsp3) is 0.545. The summed E-state index contributed by atoms with van der Waals surface area (Å²) < 4.78 is 5.09. The lowest BCUT2D eigenvalue weighted by Crippen LogP contribution is -2.48. The van der Waals surface area contributed by atoms with E-state index < -0.39 is 0 Å². The number of nitrogens with one attached hydrogen (secondary N) is 1. The van der Waals surface area contributed by atoms with Crippen LogP contribution >= 0.6 is 15.9 Å². The topological polar surface area (TPSA) is 42.2 Å². The van der Waals surface area contributed by atoms with Gasteiger partial charge in [0.25, 0.3) is 5.91 Å². The number of amides is 1. The molecule has 0 aliphatic rings. The molecule has 3 nitrogen and oxygen atoms in total. The van der Waals surface area contributed by atoms with E-state index in [0.717, 1.165) is 5.76 Å². The standard InChI is InChI=1S/C11H16BrNO2/c1-7-5-9(6-15-7)10(14)13-11(3,4)8(2)12/h5-6,8H,1-4H3,(H,13,14). The molecule has 0 aromatic carbocycles.